The normalized spacial score (nSPS) is 25.2. The number of amides is 3. The molecule has 1 aliphatic heterocycles. The molecule has 0 radical (unpaired) electrons. The number of urea groups is 1. The van der Waals surface area contributed by atoms with Crippen LogP contribution in [0.5, 0.6) is 0 Å². The quantitative estimate of drug-likeness (QED) is 0.791. The molecule has 0 unspecified atom stereocenters. The third-order valence-corrected chi connectivity index (χ3v) is 6.28. The van der Waals surface area contributed by atoms with Crippen LogP contribution in [-0.4, -0.2) is 76.4 Å². The van der Waals surface area contributed by atoms with Crippen LogP contribution in [0.25, 0.3) is 0 Å². The fourth-order valence-electron chi connectivity index (χ4n) is 4.57. The molecule has 0 aromatic carbocycles. The van der Waals surface area contributed by atoms with Gasteiger partial charge in [0.25, 0.3) is 0 Å². The van der Waals surface area contributed by atoms with Crippen molar-refractivity contribution in [2.24, 2.45) is 11.8 Å². The number of likely N-dealkylation sites (tertiary alicyclic amines) is 1. The van der Waals surface area contributed by atoms with Crippen molar-refractivity contribution in [3.05, 3.63) is 42.5 Å². The minimum absolute atomic E-state index is 0.0475. The van der Waals surface area contributed by atoms with Crippen LogP contribution in [0.15, 0.2) is 36.9 Å². The summed E-state index contributed by atoms with van der Waals surface area (Å²) in [6.07, 6.45) is 8.73. The van der Waals surface area contributed by atoms with E-state index in [2.05, 4.69) is 15.4 Å². The molecule has 2 aliphatic rings. The average molecular weight is 427 g/mol. The van der Waals surface area contributed by atoms with Gasteiger partial charge in [0.1, 0.15) is 6.61 Å². The van der Waals surface area contributed by atoms with Gasteiger partial charge in [0.15, 0.2) is 0 Å². The van der Waals surface area contributed by atoms with Gasteiger partial charge in [-0.3, -0.25) is 14.5 Å². The molecule has 31 heavy (non-hydrogen) atoms. The number of hydrogen-bond donors (Lipinski definition) is 1. The monoisotopic (exact) mass is 426 g/mol. The van der Waals surface area contributed by atoms with Gasteiger partial charge >= 0.3 is 6.03 Å². The van der Waals surface area contributed by atoms with Crippen LogP contribution in [-0.2, 0) is 9.53 Å². The number of carbonyl (C=O) groups excluding carboxylic acids is 2. The van der Waals surface area contributed by atoms with E-state index in [0.717, 1.165) is 18.4 Å². The summed E-state index contributed by atoms with van der Waals surface area (Å²) in [5, 5.41) is 7.45. The molecule has 2 aromatic heterocycles. The van der Waals surface area contributed by atoms with Crippen molar-refractivity contribution in [3.63, 3.8) is 0 Å². The summed E-state index contributed by atoms with van der Waals surface area (Å²) < 4.78 is 8.07. The summed E-state index contributed by atoms with van der Waals surface area (Å²) in [5.41, 5.74) is 1.78. The molecule has 0 bridgehead atoms. The first-order valence-corrected chi connectivity index (χ1v) is 10.7. The van der Waals surface area contributed by atoms with E-state index in [0.29, 0.717) is 30.6 Å². The lowest BCUT2D eigenvalue weighted by Gasteiger charge is -2.37. The van der Waals surface area contributed by atoms with E-state index in [1.54, 1.807) is 37.5 Å². The lowest BCUT2D eigenvalue weighted by Crippen LogP contribution is -2.40. The first kappa shape index (κ1) is 21.3. The van der Waals surface area contributed by atoms with Crippen LogP contribution in [0.1, 0.15) is 24.4 Å². The SMILES string of the molecule is Cc1cnn([C@H]2C[C@H]3CN(C(=O)Nc4cccnc4)C[C@H]3C[C@@H]2OCC(=O)N(C)C)c1. The third-order valence-electron chi connectivity index (χ3n) is 6.28. The number of nitrogens with one attached hydrogen (secondary N) is 1. The maximum atomic E-state index is 12.8. The highest BCUT2D eigenvalue weighted by molar-refractivity contribution is 5.89. The Kier molecular flexibility index (Phi) is 6.22. The highest BCUT2D eigenvalue weighted by atomic mass is 16.5. The van der Waals surface area contributed by atoms with Crippen LogP contribution in [0.2, 0.25) is 0 Å². The molecule has 1 N–H and O–H groups in total. The number of anilines is 1. The number of nitrogens with zero attached hydrogens (tertiary/aromatic N) is 5. The molecule has 9 heteroatoms. The van der Waals surface area contributed by atoms with Crippen molar-refractivity contribution in [2.75, 3.05) is 39.1 Å². The smallest absolute Gasteiger partial charge is 0.321 e. The number of ether oxygens (including phenoxy) is 1. The van der Waals surface area contributed by atoms with Crippen molar-refractivity contribution in [1.82, 2.24) is 24.6 Å². The fourth-order valence-corrected chi connectivity index (χ4v) is 4.57. The number of likely N-dealkylation sites (N-methyl/N-ethyl adjacent to an activating group) is 1. The maximum absolute atomic E-state index is 12.8. The van der Waals surface area contributed by atoms with E-state index >= 15 is 0 Å². The topological polar surface area (TPSA) is 92.6 Å². The van der Waals surface area contributed by atoms with Crippen LogP contribution in [0, 0.1) is 18.8 Å². The Morgan fingerprint density at radius 2 is 2.00 bits per heavy atom. The Hall–Kier alpha value is -2.94. The summed E-state index contributed by atoms with van der Waals surface area (Å²) in [6.45, 7) is 3.46. The van der Waals surface area contributed by atoms with E-state index < -0.39 is 0 Å². The van der Waals surface area contributed by atoms with E-state index in [1.807, 2.05) is 35.0 Å². The van der Waals surface area contributed by atoms with Crippen LogP contribution in [0.4, 0.5) is 10.5 Å². The zero-order valence-electron chi connectivity index (χ0n) is 18.3. The largest absolute Gasteiger partial charge is 0.366 e. The van der Waals surface area contributed by atoms with Gasteiger partial charge in [-0.05, 0) is 49.3 Å². The number of rotatable bonds is 5. The summed E-state index contributed by atoms with van der Waals surface area (Å²) in [5.74, 6) is 0.659. The lowest BCUT2D eigenvalue weighted by atomic mass is 9.77. The molecular weight excluding hydrogens is 396 g/mol. The van der Waals surface area contributed by atoms with Crippen LogP contribution < -0.4 is 5.32 Å². The van der Waals surface area contributed by atoms with E-state index in [4.69, 9.17) is 4.74 Å². The van der Waals surface area contributed by atoms with Crippen LogP contribution >= 0.6 is 0 Å². The summed E-state index contributed by atoms with van der Waals surface area (Å²) >= 11 is 0. The second-order valence-electron chi connectivity index (χ2n) is 8.77. The van der Waals surface area contributed by atoms with Crippen molar-refractivity contribution in [1.29, 1.82) is 0 Å². The summed E-state index contributed by atoms with van der Waals surface area (Å²) in [4.78, 5) is 32.3. The average Bonchev–Trinajstić information content (AvgIpc) is 3.37. The highest BCUT2D eigenvalue weighted by Gasteiger charge is 2.45. The molecule has 4 atom stereocenters. The van der Waals surface area contributed by atoms with Gasteiger partial charge in [-0.15, -0.1) is 0 Å². The molecule has 4 rings (SSSR count). The third kappa shape index (κ3) is 4.87. The van der Waals surface area contributed by atoms with Crippen molar-refractivity contribution < 1.29 is 14.3 Å². The number of aryl methyl sites for hydroxylation is 1. The Bertz CT molecular complexity index is 915. The Morgan fingerprint density at radius 3 is 2.65 bits per heavy atom. The predicted octanol–water partition coefficient (Wildman–Crippen LogP) is 2.17. The van der Waals surface area contributed by atoms with E-state index in [9.17, 15) is 9.59 Å². The van der Waals surface area contributed by atoms with Gasteiger partial charge in [-0.25, -0.2) is 4.79 Å². The first-order chi connectivity index (χ1) is 14.9. The number of fused-ring (bicyclic) bond motifs is 1. The lowest BCUT2D eigenvalue weighted by molar-refractivity contribution is -0.138. The number of hydrogen-bond acceptors (Lipinski definition) is 5. The van der Waals surface area contributed by atoms with Crippen molar-refractivity contribution in [2.45, 2.75) is 31.9 Å². The van der Waals surface area contributed by atoms with Gasteiger partial charge in [-0.1, -0.05) is 0 Å². The van der Waals surface area contributed by atoms with Crippen molar-refractivity contribution >= 4 is 17.6 Å². The Labute approximate surface area is 182 Å². The van der Waals surface area contributed by atoms with Gasteiger partial charge in [-0.2, -0.15) is 5.10 Å². The Balaban J connectivity index is 1.45. The summed E-state index contributed by atoms with van der Waals surface area (Å²) in [6, 6.07) is 3.57. The number of carbonyl (C=O) groups is 2. The zero-order chi connectivity index (χ0) is 22.0. The van der Waals surface area contributed by atoms with Gasteiger partial charge in [0.05, 0.1) is 30.2 Å². The highest BCUT2D eigenvalue weighted by Crippen LogP contribution is 2.42. The molecule has 0 spiro atoms. The molecule has 1 saturated heterocycles. The molecule has 2 fully saturated rings. The molecule has 166 valence electrons. The maximum Gasteiger partial charge on any atom is 0.321 e. The molecule has 3 amide bonds. The fraction of sp³-hybridized carbons (Fsp3) is 0.545. The molecular formula is C22H30N6O3. The summed E-state index contributed by atoms with van der Waals surface area (Å²) in [7, 11) is 3.46. The Morgan fingerprint density at radius 1 is 1.23 bits per heavy atom. The minimum atomic E-state index is -0.120. The molecule has 1 aliphatic carbocycles. The van der Waals surface area contributed by atoms with Gasteiger partial charge in [0, 0.05) is 39.6 Å². The van der Waals surface area contributed by atoms with Crippen LogP contribution in [0.3, 0.4) is 0 Å². The molecule has 3 heterocycles. The number of pyridine rings is 1. The first-order valence-electron chi connectivity index (χ1n) is 10.7. The zero-order valence-corrected chi connectivity index (χ0v) is 18.3. The van der Waals surface area contributed by atoms with Gasteiger partial charge in [0.2, 0.25) is 5.91 Å². The number of aromatic nitrogens is 3. The van der Waals surface area contributed by atoms with E-state index in [1.165, 1.54) is 0 Å². The second-order valence-corrected chi connectivity index (χ2v) is 8.77. The van der Waals surface area contributed by atoms with E-state index in [-0.39, 0.29) is 30.7 Å². The second kappa shape index (κ2) is 9.05. The van der Waals surface area contributed by atoms with Crippen molar-refractivity contribution in [3.8, 4) is 0 Å². The molecule has 1 saturated carbocycles. The molecule has 9 nitrogen and oxygen atoms in total. The predicted molar refractivity (Wildman–Crippen MR) is 115 cm³/mol. The van der Waals surface area contributed by atoms with Gasteiger partial charge < -0.3 is 19.9 Å². The molecule has 2 aromatic rings. The minimum Gasteiger partial charge on any atom is -0.366 e. The standard InChI is InChI=1S/C22H30N6O3/c1-15-9-24-28(11-15)19-7-16-12-27(22(30)25-18-5-4-6-23-10-18)13-17(16)8-20(19)31-14-21(29)26(2)3/h4-6,9-11,16-17,19-20H,7-8,12-14H2,1-3H3,(H,25,30)/t16-,17+,19-,20-/m0/s1.